The Morgan fingerprint density at radius 2 is 0.673 bits per heavy atom. The fourth-order valence-electron chi connectivity index (χ4n) is 6.02. The second-order valence-electron chi connectivity index (χ2n) is 14.3. The van der Waals surface area contributed by atoms with Crippen molar-refractivity contribution in [3.05, 3.63) is 12.2 Å². The van der Waals surface area contributed by atoms with E-state index in [1.54, 1.807) is 0 Å². The quantitative estimate of drug-likeness (QED) is 0.0277. The Hall–Kier alpha value is -1.85. The van der Waals surface area contributed by atoms with Gasteiger partial charge >= 0.3 is 17.9 Å². The summed E-state index contributed by atoms with van der Waals surface area (Å²) < 4.78 is 16.5. The Bertz CT molecular complexity index is 763. The number of esters is 3. The van der Waals surface area contributed by atoms with Crippen LogP contribution in [0.4, 0.5) is 0 Å². The summed E-state index contributed by atoms with van der Waals surface area (Å²) in [6, 6.07) is 0. The van der Waals surface area contributed by atoms with E-state index in [0.29, 0.717) is 19.3 Å². The van der Waals surface area contributed by atoms with Gasteiger partial charge in [0.25, 0.3) is 0 Å². The second-order valence-corrected chi connectivity index (χ2v) is 14.3. The molecule has 0 saturated carbocycles. The van der Waals surface area contributed by atoms with Crippen molar-refractivity contribution in [3.8, 4) is 0 Å². The molecule has 0 aliphatic carbocycles. The molecule has 0 saturated heterocycles. The summed E-state index contributed by atoms with van der Waals surface area (Å²) in [7, 11) is 0. The maximum atomic E-state index is 12.5. The Morgan fingerprint density at radius 3 is 1.02 bits per heavy atom. The number of rotatable bonds is 38. The molecule has 0 heterocycles. The zero-order chi connectivity index (χ0) is 35.9. The lowest BCUT2D eigenvalue weighted by molar-refractivity contribution is -0.167. The van der Waals surface area contributed by atoms with Crippen molar-refractivity contribution in [1.82, 2.24) is 0 Å². The normalized spacial score (nSPS) is 12.0. The zero-order valence-corrected chi connectivity index (χ0v) is 32.7. The fourth-order valence-corrected chi connectivity index (χ4v) is 6.02. The van der Waals surface area contributed by atoms with Gasteiger partial charge in [-0.25, -0.2) is 0 Å². The van der Waals surface area contributed by atoms with Gasteiger partial charge in [0, 0.05) is 19.3 Å². The van der Waals surface area contributed by atoms with Crippen LogP contribution in [0.5, 0.6) is 0 Å². The molecular weight excluding hydrogens is 612 g/mol. The van der Waals surface area contributed by atoms with E-state index in [4.69, 9.17) is 14.2 Å². The Kier molecular flexibility index (Phi) is 37.5. The van der Waals surface area contributed by atoms with Crippen LogP contribution in [-0.2, 0) is 28.6 Å². The van der Waals surface area contributed by atoms with Gasteiger partial charge in [-0.05, 0) is 44.9 Å². The second kappa shape index (κ2) is 38.9. The first-order chi connectivity index (χ1) is 24.0. The van der Waals surface area contributed by atoms with Crippen molar-refractivity contribution in [3.63, 3.8) is 0 Å². The average molecular weight is 693 g/mol. The minimum Gasteiger partial charge on any atom is -0.462 e. The minimum atomic E-state index is -0.758. The van der Waals surface area contributed by atoms with Crippen LogP contribution in [0.1, 0.15) is 226 Å². The van der Waals surface area contributed by atoms with Crippen LogP contribution in [-0.4, -0.2) is 37.2 Å². The van der Waals surface area contributed by atoms with Crippen LogP contribution in [0.3, 0.4) is 0 Å². The number of ether oxygens (including phenoxy) is 3. The molecule has 0 radical (unpaired) electrons. The van der Waals surface area contributed by atoms with Crippen LogP contribution in [0, 0.1) is 0 Å². The predicted octanol–water partition coefficient (Wildman–Crippen LogP) is 13.1. The molecule has 288 valence electrons. The lowest BCUT2D eigenvalue weighted by Crippen LogP contribution is -2.30. The highest BCUT2D eigenvalue weighted by molar-refractivity contribution is 5.71. The SMILES string of the molecule is CCCCCCCC/C=C\CCCCCCCCCCCC(=O)OCC(COC(=O)CCCCCCCC)OC(=O)CCCCCCCC. The van der Waals surface area contributed by atoms with Gasteiger partial charge in [0.05, 0.1) is 0 Å². The molecule has 0 bridgehead atoms. The van der Waals surface area contributed by atoms with Crippen LogP contribution in [0.2, 0.25) is 0 Å². The summed E-state index contributed by atoms with van der Waals surface area (Å²) in [6.45, 7) is 6.51. The standard InChI is InChI=1S/C43H80O6/c1-4-7-10-13-16-17-18-19-20-21-22-23-24-25-26-27-28-31-33-36-42(45)48-39-40(49-43(46)37-34-30-15-12-9-6-3)38-47-41(44)35-32-29-14-11-8-5-2/h19-20,40H,4-18,21-39H2,1-3H3/b20-19-. The van der Waals surface area contributed by atoms with Gasteiger partial charge in [-0.15, -0.1) is 0 Å². The summed E-state index contributed by atoms with van der Waals surface area (Å²) in [5.74, 6) is -0.888. The number of hydrogen-bond donors (Lipinski definition) is 0. The van der Waals surface area contributed by atoms with E-state index < -0.39 is 6.10 Å². The van der Waals surface area contributed by atoms with E-state index in [1.165, 1.54) is 128 Å². The molecule has 0 N–H and O–H groups in total. The zero-order valence-electron chi connectivity index (χ0n) is 32.7. The minimum absolute atomic E-state index is 0.0692. The van der Waals surface area contributed by atoms with Gasteiger partial charge in [-0.2, -0.15) is 0 Å². The summed E-state index contributed by atoms with van der Waals surface area (Å²) >= 11 is 0. The van der Waals surface area contributed by atoms with Crippen LogP contribution < -0.4 is 0 Å². The average Bonchev–Trinajstić information content (AvgIpc) is 3.10. The molecular formula is C43H80O6. The molecule has 6 nitrogen and oxygen atoms in total. The Morgan fingerprint density at radius 1 is 0.388 bits per heavy atom. The smallest absolute Gasteiger partial charge is 0.306 e. The third-order valence-corrected chi connectivity index (χ3v) is 9.27. The van der Waals surface area contributed by atoms with E-state index in [-0.39, 0.29) is 31.1 Å². The van der Waals surface area contributed by atoms with E-state index in [0.717, 1.165) is 57.8 Å². The summed E-state index contributed by atoms with van der Waals surface area (Å²) in [5.41, 5.74) is 0. The fraction of sp³-hybridized carbons (Fsp3) is 0.884. The van der Waals surface area contributed by atoms with Gasteiger partial charge < -0.3 is 14.2 Å². The molecule has 0 aromatic heterocycles. The predicted molar refractivity (Wildman–Crippen MR) is 206 cm³/mol. The van der Waals surface area contributed by atoms with E-state index in [1.807, 2.05) is 0 Å². The van der Waals surface area contributed by atoms with Crippen molar-refractivity contribution in [2.45, 2.75) is 232 Å². The van der Waals surface area contributed by atoms with Crippen LogP contribution in [0.25, 0.3) is 0 Å². The van der Waals surface area contributed by atoms with Crippen molar-refractivity contribution >= 4 is 17.9 Å². The van der Waals surface area contributed by atoms with Gasteiger partial charge in [0.1, 0.15) is 13.2 Å². The van der Waals surface area contributed by atoms with Crippen molar-refractivity contribution < 1.29 is 28.6 Å². The molecule has 1 atom stereocenters. The molecule has 1 unspecified atom stereocenters. The molecule has 0 aliphatic heterocycles. The number of carbonyl (C=O) groups excluding carboxylic acids is 3. The van der Waals surface area contributed by atoms with E-state index in [9.17, 15) is 14.4 Å². The molecule has 0 aromatic carbocycles. The third-order valence-electron chi connectivity index (χ3n) is 9.27. The molecule has 49 heavy (non-hydrogen) atoms. The topological polar surface area (TPSA) is 78.9 Å². The van der Waals surface area contributed by atoms with Crippen LogP contribution >= 0.6 is 0 Å². The van der Waals surface area contributed by atoms with Gasteiger partial charge in [-0.3, -0.25) is 14.4 Å². The largest absolute Gasteiger partial charge is 0.462 e. The first-order valence-corrected chi connectivity index (χ1v) is 21.2. The van der Waals surface area contributed by atoms with E-state index >= 15 is 0 Å². The van der Waals surface area contributed by atoms with Crippen LogP contribution in [0.15, 0.2) is 12.2 Å². The molecule has 6 heteroatoms. The third kappa shape index (κ3) is 37.2. The molecule has 0 spiro atoms. The maximum absolute atomic E-state index is 12.5. The Labute approximate surface area is 303 Å². The summed E-state index contributed by atoms with van der Waals surface area (Å²) in [4.78, 5) is 37.2. The van der Waals surface area contributed by atoms with E-state index in [2.05, 4.69) is 32.9 Å². The van der Waals surface area contributed by atoms with Crippen molar-refractivity contribution in [2.24, 2.45) is 0 Å². The molecule has 0 aromatic rings. The monoisotopic (exact) mass is 693 g/mol. The lowest BCUT2D eigenvalue weighted by Gasteiger charge is -2.18. The van der Waals surface area contributed by atoms with Gasteiger partial charge in [0.2, 0.25) is 0 Å². The maximum Gasteiger partial charge on any atom is 0.306 e. The number of hydrogen-bond acceptors (Lipinski definition) is 6. The first-order valence-electron chi connectivity index (χ1n) is 21.2. The van der Waals surface area contributed by atoms with Gasteiger partial charge in [0.15, 0.2) is 6.10 Å². The van der Waals surface area contributed by atoms with Gasteiger partial charge in [-0.1, -0.05) is 174 Å². The lowest BCUT2D eigenvalue weighted by atomic mass is 10.1. The highest BCUT2D eigenvalue weighted by atomic mass is 16.6. The molecule has 0 fully saturated rings. The Balaban J connectivity index is 4.07. The molecule has 0 amide bonds. The molecule has 0 rings (SSSR count). The number of unbranched alkanes of at least 4 members (excludes halogenated alkanes) is 25. The summed E-state index contributed by atoms with van der Waals surface area (Å²) in [6.07, 6.45) is 39.5. The highest BCUT2D eigenvalue weighted by Gasteiger charge is 2.19. The highest BCUT2D eigenvalue weighted by Crippen LogP contribution is 2.14. The summed E-state index contributed by atoms with van der Waals surface area (Å²) in [5, 5.41) is 0. The molecule has 0 aliphatic rings. The van der Waals surface area contributed by atoms with Crippen molar-refractivity contribution in [1.29, 1.82) is 0 Å². The first kappa shape index (κ1) is 47.1. The number of carbonyl (C=O) groups is 3. The number of allylic oxidation sites excluding steroid dienone is 2. The van der Waals surface area contributed by atoms with Crippen molar-refractivity contribution in [2.75, 3.05) is 13.2 Å².